The van der Waals surface area contributed by atoms with Gasteiger partial charge in [0.25, 0.3) is 0 Å². The first-order valence-corrected chi connectivity index (χ1v) is 5.93. The molecule has 1 aromatic carbocycles. The van der Waals surface area contributed by atoms with Gasteiger partial charge in [0.15, 0.2) is 0 Å². The Hall–Kier alpha value is -2.14. The van der Waals surface area contributed by atoms with Crippen LogP contribution in [0.2, 0.25) is 0 Å². The van der Waals surface area contributed by atoms with Crippen molar-refractivity contribution in [3.63, 3.8) is 0 Å². The minimum absolute atomic E-state index is 0.0200. The molecule has 0 aliphatic rings. The van der Waals surface area contributed by atoms with E-state index < -0.39 is 5.97 Å². The van der Waals surface area contributed by atoms with Crippen LogP contribution in [0.5, 0.6) is 0 Å². The number of carboxylic acids is 1. The number of rotatable bonds is 7. The highest BCUT2D eigenvalue weighted by Gasteiger charge is 2.12. The number of carbonyl (C=O) groups is 2. The van der Waals surface area contributed by atoms with Crippen molar-refractivity contribution in [1.82, 2.24) is 4.90 Å². The summed E-state index contributed by atoms with van der Waals surface area (Å²) in [6.45, 7) is 5.69. The standard InChI is InChI=1S/C14H18N2O3/c1-3-8-16(10-14(18)19)9-13(17)15-12-6-4-11(2)5-7-12/h3-7H,1,8-10H2,2H3,(H,15,17)(H,18,19). The second kappa shape index (κ2) is 7.33. The molecule has 0 unspecified atom stereocenters. The Bertz CT molecular complexity index is 454. The molecule has 0 atom stereocenters. The van der Waals surface area contributed by atoms with Gasteiger partial charge in [-0.05, 0) is 19.1 Å². The fourth-order valence-electron chi connectivity index (χ4n) is 1.60. The van der Waals surface area contributed by atoms with Gasteiger partial charge in [0.05, 0.1) is 13.1 Å². The van der Waals surface area contributed by atoms with Gasteiger partial charge in [0, 0.05) is 12.2 Å². The lowest BCUT2D eigenvalue weighted by Gasteiger charge is -2.17. The van der Waals surface area contributed by atoms with E-state index in [1.165, 1.54) is 4.90 Å². The van der Waals surface area contributed by atoms with Crippen molar-refractivity contribution in [3.8, 4) is 0 Å². The molecule has 102 valence electrons. The summed E-state index contributed by atoms with van der Waals surface area (Å²) in [7, 11) is 0. The van der Waals surface area contributed by atoms with Crippen LogP contribution in [-0.2, 0) is 9.59 Å². The van der Waals surface area contributed by atoms with Gasteiger partial charge in [0.1, 0.15) is 0 Å². The zero-order valence-corrected chi connectivity index (χ0v) is 10.9. The molecule has 1 rings (SSSR count). The molecule has 1 amide bonds. The minimum atomic E-state index is -0.968. The second-order valence-corrected chi connectivity index (χ2v) is 4.27. The SMILES string of the molecule is C=CCN(CC(=O)O)CC(=O)Nc1ccc(C)cc1. The number of aryl methyl sites for hydroxylation is 1. The highest BCUT2D eigenvalue weighted by atomic mass is 16.4. The summed E-state index contributed by atoms with van der Waals surface area (Å²) in [4.78, 5) is 23.9. The molecule has 0 saturated carbocycles. The maximum absolute atomic E-state index is 11.8. The Balaban J connectivity index is 2.54. The zero-order chi connectivity index (χ0) is 14.3. The van der Waals surface area contributed by atoms with Gasteiger partial charge < -0.3 is 10.4 Å². The number of anilines is 1. The van der Waals surface area contributed by atoms with E-state index in [0.29, 0.717) is 12.2 Å². The van der Waals surface area contributed by atoms with Gasteiger partial charge in [-0.2, -0.15) is 0 Å². The molecule has 1 aromatic rings. The fourth-order valence-corrected chi connectivity index (χ4v) is 1.60. The van der Waals surface area contributed by atoms with E-state index in [1.54, 1.807) is 6.08 Å². The Morgan fingerprint density at radius 1 is 1.32 bits per heavy atom. The molecule has 5 nitrogen and oxygen atoms in total. The Morgan fingerprint density at radius 3 is 2.47 bits per heavy atom. The molecule has 0 spiro atoms. The van der Waals surface area contributed by atoms with Crippen LogP contribution in [0.15, 0.2) is 36.9 Å². The van der Waals surface area contributed by atoms with Crippen molar-refractivity contribution in [2.75, 3.05) is 25.0 Å². The van der Waals surface area contributed by atoms with Crippen molar-refractivity contribution in [1.29, 1.82) is 0 Å². The minimum Gasteiger partial charge on any atom is -0.480 e. The smallest absolute Gasteiger partial charge is 0.317 e. The largest absolute Gasteiger partial charge is 0.480 e. The average molecular weight is 262 g/mol. The van der Waals surface area contributed by atoms with E-state index in [9.17, 15) is 9.59 Å². The van der Waals surface area contributed by atoms with Crippen LogP contribution in [0.1, 0.15) is 5.56 Å². The first kappa shape index (κ1) is 14.9. The summed E-state index contributed by atoms with van der Waals surface area (Å²) in [6, 6.07) is 7.41. The lowest BCUT2D eigenvalue weighted by atomic mass is 10.2. The van der Waals surface area contributed by atoms with Gasteiger partial charge in [-0.15, -0.1) is 6.58 Å². The molecular weight excluding hydrogens is 244 g/mol. The normalized spacial score (nSPS) is 10.2. The molecule has 0 saturated heterocycles. The summed E-state index contributed by atoms with van der Waals surface area (Å²) in [6.07, 6.45) is 1.57. The van der Waals surface area contributed by atoms with Crippen LogP contribution in [0, 0.1) is 6.92 Å². The predicted octanol–water partition coefficient (Wildman–Crippen LogP) is 1.51. The first-order valence-electron chi connectivity index (χ1n) is 5.93. The Kier molecular flexibility index (Phi) is 5.75. The Morgan fingerprint density at radius 2 is 1.95 bits per heavy atom. The third-order valence-corrected chi connectivity index (χ3v) is 2.45. The van der Waals surface area contributed by atoms with Crippen molar-refractivity contribution < 1.29 is 14.7 Å². The molecule has 0 aliphatic carbocycles. The molecule has 0 aromatic heterocycles. The van der Waals surface area contributed by atoms with E-state index in [0.717, 1.165) is 5.56 Å². The van der Waals surface area contributed by atoms with E-state index >= 15 is 0 Å². The topological polar surface area (TPSA) is 69.6 Å². The van der Waals surface area contributed by atoms with E-state index in [1.807, 2.05) is 31.2 Å². The summed E-state index contributed by atoms with van der Waals surface area (Å²) >= 11 is 0. The highest BCUT2D eigenvalue weighted by Crippen LogP contribution is 2.08. The van der Waals surface area contributed by atoms with Crippen molar-refractivity contribution >= 4 is 17.6 Å². The number of carboxylic acid groups (broad SMARTS) is 1. The zero-order valence-electron chi connectivity index (χ0n) is 10.9. The lowest BCUT2D eigenvalue weighted by Crippen LogP contribution is -2.37. The van der Waals surface area contributed by atoms with Crippen LogP contribution in [0.4, 0.5) is 5.69 Å². The number of amides is 1. The van der Waals surface area contributed by atoms with Gasteiger partial charge in [0.2, 0.25) is 5.91 Å². The van der Waals surface area contributed by atoms with Gasteiger partial charge in [-0.3, -0.25) is 14.5 Å². The molecule has 0 fully saturated rings. The van der Waals surface area contributed by atoms with Crippen LogP contribution in [-0.4, -0.2) is 41.5 Å². The summed E-state index contributed by atoms with van der Waals surface area (Å²) in [5, 5.41) is 11.5. The maximum Gasteiger partial charge on any atom is 0.317 e. The molecule has 19 heavy (non-hydrogen) atoms. The van der Waals surface area contributed by atoms with Crippen LogP contribution in [0.3, 0.4) is 0 Å². The molecule has 0 heterocycles. The summed E-state index contributed by atoms with van der Waals surface area (Å²) in [5.74, 6) is -1.21. The van der Waals surface area contributed by atoms with Gasteiger partial charge in [-0.1, -0.05) is 23.8 Å². The number of carbonyl (C=O) groups excluding carboxylic acids is 1. The van der Waals surface area contributed by atoms with Crippen molar-refractivity contribution in [2.24, 2.45) is 0 Å². The third-order valence-electron chi connectivity index (χ3n) is 2.45. The summed E-state index contributed by atoms with van der Waals surface area (Å²) < 4.78 is 0. The second-order valence-electron chi connectivity index (χ2n) is 4.27. The van der Waals surface area contributed by atoms with Gasteiger partial charge in [-0.25, -0.2) is 0 Å². The first-order chi connectivity index (χ1) is 9.01. The third kappa shape index (κ3) is 5.83. The number of hydrogen-bond donors (Lipinski definition) is 2. The average Bonchev–Trinajstić information content (AvgIpc) is 2.31. The van der Waals surface area contributed by atoms with E-state index in [-0.39, 0.29) is 19.0 Å². The molecule has 2 N–H and O–H groups in total. The quantitative estimate of drug-likeness (QED) is 0.731. The monoisotopic (exact) mass is 262 g/mol. The van der Waals surface area contributed by atoms with Crippen LogP contribution < -0.4 is 5.32 Å². The molecule has 0 radical (unpaired) electrons. The molecule has 0 aliphatic heterocycles. The molecular formula is C14H18N2O3. The highest BCUT2D eigenvalue weighted by molar-refractivity contribution is 5.92. The number of nitrogens with one attached hydrogen (secondary N) is 1. The van der Waals surface area contributed by atoms with Crippen LogP contribution >= 0.6 is 0 Å². The molecule has 5 heteroatoms. The lowest BCUT2D eigenvalue weighted by molar-refractivity contribution is -0.138. The number of aliphatic carboxylic acids is 1. The predicted molar refractivity (Wildman–Crippen MR) is 74.1 cm³/mol. The van der Waals surface area contributed by atoms with Crippen molar-refractivity contribution in [2.45, 2.75) is 6.92 Å². The maximum atomic E-state index is 11.8. The number of nitrogens with zero attached hydrogens (tertiary/aromatic N) is 1. The van der Waals surface area contributed by atoms with E-state index in [4.69, 9.17) is 5.11 Å². The summed E-state index contributed by atoms with van der Waals surface area (Å²) in [5.41, 5.74) is 1.81. The fraction of sp³-hybridized carbons (Fsp3) is 0.286. The Labute approximate surface area is 112 Å². The van der Waals surface area contributed by atoms with Crippen molar-refractivity contribution in [3.05, 3.63) is 42.5 Å². The number of hydrogen-bond acceptors (Lipinski definition) is 3. The van der Waals surface area contributed by atoms with Crippen LogP contribution in [0.25, 0.3) is 0 Å². The number of benzene rings is 1. The molecule has 0 bridgehead atoms. The van der Waals surface area contributed by atoms with E-state index in [2.05, 4.69) is 11.9 Å². The van der Waals surface area contributed by atoms with Gasteiger partial charge >= 0.3 is 5.97 Å².